The predicted molar refractivity (Wildman–Crippen MR) is 131 cm³/mol. The van der Waals surface area contributed by atoms with Crippen molar-refractivity contribution in [3.8, 4) is 11.1 Å². The van der Waals surface area contributed by atoms with E-state index in [0.29, 0.717) is 0 Å². The molecule has 6 nitrogen and oxygen atoms in total. The summed E-state index contributed by atoms with van der Waals surface area (Å²) in [5, 5.41) is 4.69. The molecule has 2 aliphatic rings. The van der Waals surface area contributed by atoms with Crippen LogP contribution in [0.3, 0.4) is 0 Å². The zero-order chi connectivity index (χ0) is 22.4. The van der Waals surface area contributed by atoms with E-state index in [-0.39, 0.29) is 11.8 Å². The highest BCUT2D eigenvalue weighted by atomic mass is 16.2. The van der Waals surface area contributed by atoms with Gasteiger partial charge in [0.05, 0.1) is 11.0 Å². The monoisotopic (exact) mass is 433 g/mol. The molecule has 2 aromatic carbocycles. The van der Waals surface area contributed by atoms with Gasteiger partial charge in [-0.1, -0.05) is 12.1 Å². The molecule has 4 aromatic rings. The summed E-state index contributed by atoms with van der Waals surface area (Å²) < 4.78 is 2.12. The third-order valence-electron chi connectivity index (χ3n) is 6.18. The summed E-state index contributed by atoms with van der Waals surface area (Å²) in [5.74, 6) is 0.341. The molecule has 1 fully saturated rings. The Morgan fingerprint density at radius 2 is 1.94 bits per heavy atom. The maximum atomic E-state index is 12.4. The largest absolute Gasteiger partial charge is 0.355 e. The Bertz CT molecular complexity index is 1490. The van der Waals surface area contributed by atoms with E-state index in [9.17, 15) is 4.79 Å². The second kappa shape index (κ2) is 7.74. The number of rotatable bonds is 4. The minimum atomic E-state index is 0.163. The Morgan fingerprint density at radius 3 is 2.82 bits per heavy atom. The summed E-state index contributed by atoms with van der Waals surface area (Å²) in [6.45, 7) is 0. The normalized spacial score (nSPS) is 15.7. The van der Waals surface area contributed by atoms with Gasteiger partial charge in [0.1, 0.15) is 0 Å². The van der Waals surface area contributed by atoms with Gasteiger partial charge in [-0.3, -0.25) is 19.7 Å². The van der Waals surface area contributed by atoms with Crippen LogP contribution < -0.4 is 5.32 Å². The number of carbonyl (C=O) groups excluding carboxylic acids is 1. The molecular formula is C27H23N5O. The fourth-order valence-electron chi connectivity index (χ4n) is 4.24. The zero-order valence-electron chi connectivity index (χ0n) is 18.3. The molecule has 2 aromatic heterocycles. The van der Waals surface area contributed by atoms with Crippen LogP contribution in [0.15, 0.2) is 91.3 Å². The first-order valence-electron chi connectivity index (χ1n) is 11.1. The Kier molecular flexibility index (Phi) is 4.57. The van der Waals surface area contributed by atoms with Crippen LogP contribution in [-0.2, 0) is 11.8 Å². The number of anilines is 1. The third kappa shape index (κ3) is 3.69. The van der Waals surface area contributed by atoms with E-state index < -0.39 is 0 Å². The standard InChI is InChI=1S/C27H23N5O/c1-31-13-8-18-4-7-20(15-25(18)31)23-16-22(17-24-26(23)29-11-10-28-24)30-21-3-2-12-32(14-9-21)27(33)19-5-6-19/h2-4,7-17,19,30H,5-6H2,1H3. The number of nitrogens with one attached hydrogen (secondary N) is 1. The van der Waals surface area contributed by atoms with Crippen LogP contribution >= 0.6 is 0 Å². The van der Waals surface area contributed by atoms with Gasteiger partial charge in [0, 0.05) is 66.4 Å². The molecule has 3 heterocycles. The number of hydrogen-bond donors (Lipinski definition) is 1. The summed E-state index contributed by atoms with van der Waals surface area (Å²) in [6.07, 6.45) is 16.9. The van der Waals surface area contributed by atoms with Gasteiger partial charge in [-0.2, -0.15) is 0 Å². The minimum Gasteiger partial charge on any atom is -0.355 e. The number of aromatic nitrogens is 3. The predicted octanol–water partition coefficient (Wildman–Crippen LogP) is 5.36. The quantitative estimate of drug-likeness (QED) is 0.470. The molecule has 6 rings (SSSR count). The molecule has 1 aliphatic heterocycles. The van der Waals surface area contributed by atoms with Crippen molar-refractivity contribution in [3.05, 3.63) is 91.3 Å². The van der Waals surface area contributed by atoms with E-state index in [1.807, 2.05) is 36.7 Å². The van der Waals surface area contributed by atoms with Crippen molar-refractivity contribution in [2.45, 2.75) is 12.8 Å². The lowest BCUT2D eigenvalue weighted by Gasteiger charge is -2.13. The van der Waals surface area contributed by atoms with Gasteiger partial charge in [-0.15, -0.1) is 0 Å². The van der Waals surface area contributed by atoms with E-state index >= 15 is 0 Å². The average molecular weight is 434 g/mol. The number of hydrogen-bond acceptors (Lipinski definition) is 4. The number of fused-ring (bicyclic) bond motifs is 2. The number of benzene rings is 2. The SMILES string of the molecule is Cn1ccc2ccc(-c3cc(NC4=CC=CN(C(=O)C5CC5)C=C4)cc4nccnc34)cc21. The van der Waals surface area contributed by atoms with Crippen LogP contribution in [0, 0.1) is 5.92 Å². The van der Waals surface area contributed by atoms with Crippen molar-refractivity contribution in [1.29, 1.82) is 0 Å². The highest BCUT2D eigenvalue weighted by molar-refractivity contribution is 5.97. The molecule has 1 amide bonds. The molecular weight excluding hydrogens is 410 g/mol. The topological polar surface area (TPSA) is 63.1 Å². The molecule has 162 valence electrons. The molecule has 0 spiro atoms. The van der Waals surface area contributed by atoms with Gasteiger partial charge in [0.15, 0.2) is 0 Å². The number of amides is 1. The molecule has 0 saturated heterocycles. The zero-order valence-corrected chi connectivity index (χ0v) is 18.3. The van der Waals surface area contributed by atoms with Crippen LogP contribution in [0.2, 0.25) is 0 Å². The van der Waals surface area contributed by atoms with E-state index in [1.54, 1.807) is 17.3 Å². The Hall–Kier alpha value is -4.19. The van der Waals surface area contributed by atoms with Gasteiger partial charge in [-0.25, -0.2) is 0 Å². The lowest BCUT2D eigenvalue weighted by Crippen LogP contribution is -2.21. The lowest BCUT2D eigenvalue weighted by atomic mass is 10.0. The van der Waals surface area contributed by atoms with Crippen molar-refractivity contribution in [1.82, 2.24) is 19.4 Å². The maximum absolute atomic E-state index is 12.4. The second-order valence-corrected chi connectivity index (χ2v) is 8.57. The summed E-state index contributed by atoms with van der Waals surface area (Å²) in [6, 6.07) is 12.7. The van der Waals surface area contributed by atoms with Crippen LogP contribution in [0.4, 0.5) is 5.69 Å². The van der Waals surface area contributed by atoms with Crippen LogP contribution in [0.5, 0.6) is 0 Å². The maximum Gasteiger partial charge on any atom is 0.233 e. The lowest BCUT2D eigenvalue weighted by molar-refractivity contribution is -0.127. The Balaban J connectivity index is 1.37. The van der Waals surface area contributed by atoms with Crippen molar-refractivity contribution in [2.24, 2.45) is 13.0 Å². The fraction of sp³-hybridized carbons (Fsp3) is 0.148. The Labute approximate surface area is 191 Å². The average Bonchev–Trinajstić information content (AvgIpc) is 3.65. The Morgan fingerprint density at radius 1 is 1.06 bits per heavy atom. The van der Waals surface area contributed by atoms with Gasteiger partial charge in [0.2, 0.25) is 5.91 Å². The minimum absolute atomic E-state index is 0.163. The van der Waals surface area contributed by atoms with Crippen LogP contribution in [0.25, 0.3) is 33.1 Å². The molecule has 6 heteroatoms. The molecule has 1 N–H and O–H groups in total. The highest BCUT2D eigenvalue weighted by Gasteiger charge is 2.32. The van der Waals surface area contributed by atoms with E-state index in [2.05, 4.69) is 63.4 Å². The first-order valence-corrected chi connectivity index (χ1v) is 11.1. The molecule has 33 heavy (non-hydrogen) atoms. The molecule has 1 saturated carbocycles. The van der Waals surface area contributed by atoms with Crippen molar-refractivity contribution in [3.63, 3.8) is 0 Å². The van der Waals surface area contributed by atoms with E-state index in [4.69, 9.17) is 0 Å². The molecule has 0 unspecified atom stereocenters. The number of aryl methyl sites for hydroxylation is 1. The van der Waals surface area contributed by atoms with Crippen molar-refractivity contribution < 1.29 is 4.79 Å². The summed E-state index contributed by atoms with van der Waals surface area (Å²) in [5.41, 5.74) is 6.77. The third-order valence-corrected chi connectivity index (χ3v) is 6.18. The van der Waals surface area contributed by atoms with Gasteiger partial charge >= 0.3 is 0 Å². The van der Waals surface area contributed by atoms with Gasteiger partial charge in [0.25, 0.3) is 0 Å². The molecule has 1 aliphatic carbocycles. The van der Waals surface area contributed by atoms with E-state index in [0.717, 1.165) is 46.4 Å². The number of nitrogens with zero attached hydrogens (tertiary/aromatic N) is 4. The summed E-state index contributed by atoms with van der Waals surface area (Å²) in [7, 11) is 2.05. The smallest absolute Gasteiger partial charge is 0.233 e. The van der Waals surface area contributed by atoms with Gasteiger partial charge in [-0.05, 0) is 66.3 Å². The number of carbonyl (C=O) groups is 1. The highest BCUT2D eigenvalue weighted by Crippen LogP contribution is 2.33. The summed E-state index contributed by atoms with van der Waals surface area (Å²) in [4.78, 5) is 23.2. The first-order chi connectivity index (χ1) is 16.2. The summed E-state index contributed by atoms with van der Waals surface area (Å²) >= 11 is 0. The van der Waals surface area contributed by atoms with Crippen molar-refractivity contribution in [2.75, 3.05) is 5.32 Å². The van der Waals surface area contributed by atoms with Crippen molar-refractivity contribution >= 4 is 33.5 Å². The molecule has 0 bridgehead atoms. The van der Waals surface area contributed by atoms with Gasteiger partial charge < -0.3 is 9.88 Å². The van der Waals surface area contributed by atoms with Crippen LogP contribution in [0.1, 0.15) is 12.8 Å². The first kappa shape index (κ1) is 19.5. The van der Waals surface area contributed by atoms with Crippen LogP contribution in [-0.4, -0.2) is 25.3 Å². The molecule has 0 atom stereocenters. The number of allylic oxidation sites excluding steroid dienone is 3. The fourth-order valence-corrected chi connectivity index (χ4v) is 4.24. The van der Waals surface area contributed by atoms with E-state index in [1.165, 1.54) is 10.9 Å². The molecule has 0 radical (unpaired) electrons. The second-order valence-electron chi connectivity index (χ2n) is 8.57.